The Morgan fingerprint density at radius 1 is 1.24 bits per heavy atom. The monoisotopic (exact) mass is 576 g/mol. The molecule has 1 fully saturated rings. The fourth-order valence-corrected chi connectivity index (χ4v) is 5.94. The van der Waals surface area contributed by atoms with E-state index >= 15 is 4.39 Å². The highest BCUT2D eigenvalue weighted by Gasteiger charge is 2.65. The van der Waals surface area contributed by atoms with E-state index in [0.717, 1.165) is 0 Å². The van der Waals surface area contributed by atoms with Gasteiger partial charge in [0, 0.05) is 6.20 Å². The number of aromatic amines is 1. The third-order valence-corrected chi connectivity index (χ3v) is 8.15. The first kappa shape index (κ1) is 28.5. The van der Waals surface area contributed by atoms with Crippen LogP contribution in [0.4, 0.5) is 8.78 Å². The minimum absolute atomic E-state index is 0.454. The van der Waals surface area contributed by atoms with Crippen molar-refractivity contribution in [2.24, 2.45) is 0 Å². The number of phosphoric ester groups is 1. The Hall–Kier alpha value is -0.770. The zero-order valence-electron chi connectivity index (χ0n) is 15.4. The van der Waals surface area contributed by atoms with Gasteiger partial charge in [0.15, 0.2) is 22.9 Å². The van der Waals surface area contributed by atoms with E-state index in [4.69, 9.17) is 38.1 Å². The molecule has 0 amide bonds. The maximum atomic E-state index is 15.3. The summed E-state index contributed by atoms with van der Waals surface area (Å²) in [5.41, 5.74) is -2.99. The van der Waals surface area contributed by atoms with E-state index in [2.05, 4.69) is 30.3 Å². The SMILES string of the molecule is C#CC1(O)[C@@H](O)[C@@](F)(COP(=O)(O)OP(=O)(O)OP(=O)(O)O)O[C@H]1n1cc(F)c(=S)[nH]c1=S. The highest BCUT2D eigenvalue weighted by atomic mass is 32.1. The third-order valence-electron chi connectivity index (χ3n) is 3.76. The van der Waals surface area contributed by atoms with Crippen molar-refractivity contribution < 1.29 is 70.1 Å². The van der Waals surface area contributed by atoms with E-state index in [0.29, 0.717) is 10.8 Å². The molecule has 186 valence electrons. The zero-order valence-corrected chi connectivity index (χ0v) is 19.7. The summed E-state index contributed by atoms with van der Waals surface area (Å²) in [6.07, 6.45) is 0.762. The van der Waals surface area contributed by atoms with Gasteiger partial charge in [-0.05, 0) is 12.2 Å². The Kier molecular flexibility index (Phi) is 8.07. The van der Waals surface area contributed by atoms with Crippen molar-refractivity contribution >= 4 is 47.9 Å². The number of rotatable bonds is 8. The number of aliphatic hydroxyl groups is 2. The molecule has 0 radical (unpaired) electrons. The number of aromatic nitrogens is 2. The lowest BCUT2D eigenvalue weighted by Crippen LogP contribution is -2.50. The van der Waals surface area contributed by atoms with Crippen molar-refractivity contribution in [2.75, 3.05) is 6.61 Å². The van der Waals surface area contributed by atoms with Gasteiger partial charge >= 0.3 is 23.5 Å². The minimum Gasteiger partial charge on any atom is -0.383 e. The van der Waals surface area contributed by atoms with Gasteiger partial charge in [-0.15, -0.1) is 6.42 Å². The Bertz CT molecular complexity index is 1250. The molecule has 1 aromatic heterocycles. The van der Waals surface area contributed by atoms with Gasteiger partial charge in [-0.25, -0.2) is 22.5 Å². The molecule has 0 saturated carbocycles. The maximum absolute atomic E-state index is 15.3. The van der Waals surface area contributed by atoms with Crippen molar-refractivity contribution in [1.82, 2.24) is 9.55 Å². The number of alkyl halides is 1. The molecule has 0 aromatic carbocycles. The first-order valence-electron chi connectivity index (χ1n) is 7.79. The van der Waals surface area contributed by atoms with Gasteiger partial charge < -0.3 is 39.5 Å². The van der Waals surface area contributed by atoms with Crippen LogP contribution in [0, 0.1) is 27.6 Å². The lowest BCUT2D eigenvalue weighted by Gasteiger charge is -2.27. The van der Waals surface area contributed by atoms with Gasteiger partial charge in [-0.3, -0.25) is 9.09 Å². The van der Waals surface area contributed by atoms with E-state index < -0.39 is 69.1 Å². The van der Waals surface area contributed by atoms with Crippen LogP contribution in [-0.2, 0) is 31.6 Å². The van der Waals surface area contributed by atoms with Gasteiger partial charge in [-0.1, -0.05) is 18.1 Å². The van der Waals surface area contributed by atoms with Crippen molar-refractivity contribution in [2.45, 2.75) is 23.8 Å². The van der Waals surface area contributed by atoms with Crippen molar-refractivity contribution in [1.29, 1.82) is 0 Å². The molecule has 1 aromatic rings. The standard InChI is InChI=1S/C11H13F2N2O13P3S2/c1-2-10(17)7(16)11(13,26-8(10)15-3-5(12)6(32)14-9(15)33)4-25-30(21,22)28-31(23,24)27-29(18,19)20/h1,3,7-8,16-17H,4H2,(H,21,22)(H,23,24)(H,14,32,33)(H2,18,19,20)/t7-,8-,10?,11-/m1/s1. The number of nitrogens with one attached hydrogen (secondary N) is 1. The topological polar surface area (TPSA) is 230 Å². The number of phosphoric acid groups is 3. The predicted octanol–water partition coefficient (Wildman–Crippen LogP) is 0.677. The third kappa shape index (κ3) is 6.47. The fraction of sp³-hybridized carbons (Fsp3) is 0.455. The molecule has 7 N–H and O–H groups in total. The predicted molar refractivity (Wildman–Crippen MR) is 104 cm³/mol. The lowest BCUT2D eigenvalue weighted by atomic mass is 9.94. The average molecular weight is 576 g/mol. The maximum Gasteiger partial charge on any atom is 0.490 e. The van der Waals surface area contributed by atoms with Crippen LogP contribution in [0.2, 0.25) is 0 Å². The highest BCUT2D eigenvalue weighted by molar-refractivity contribution is 7.72. The normalized spacial score (nSPS) is 31.5. The van der Waals surface area contributed by atoms with Crippen LogP contribution in [0.3, 0.4) is 0 Å². The quantitative estimate of drug-likeness (QED) is 0.128. The van der Waals surface area contributed by atoms with Gasteiger partial charge in [0.2, 0.25) is 5.60 Å². The summed E-state index contributed by atoms with van der Waals surface area (Å²) in [7, 11) is -17.5. The fourth-order valence-electron chi connectivity index (χ4n) is 2.44. The van der Waals surface area contributed by atoms with Crippen LogP contribution in [0.25, 0.3) is 0 Å². The van der Waals surface area contributed by atoms with Crippen LogP contribution in [0.1, 0.15) is 6.23 Å². The summed E-state index contributed by atoms with van der Waals surface area (Å²) in [6, 6.07) is 0. The van der Waals surface area contributed by atoms with E-state index in [9.17, 15) is 33.2 Å². The Morgan fingerprint density at radius 2 is 1.82 bits per heavy atom. The van der Waals surface area contributed by atoms with Crippen LogP contribution in [-0.4, -0.2) is 63.5 Å². The summed E-state index contributed by atoms with van der Waals surface area (Å²) in [6.45, 7) is -1.84. The molecule has 3 unspecified atom stereocenters. The molecule has 2 rings (SSSR count). The molecule has 0 spiro atoms. The number of terminal acetylenes is 1. The van der Waals surface area contributed by atoms with Crippen LogP contribution >= 0.6 is 47.9 Å². The minimum atomic E-state index is -5.92. The Balaban J connectivity index is 2.32. The second kappa shape index (κ2) is 9.36. The second-order valence-electron chi connectivity index (χ2n) is 6.14. The van der Waals surface area contributed by atoms with Gasteiger partial charge in [0.25, 0.3) is 5.85 Å². The summed E-state index contributed by atoms with van der Waals surface area (Å²) in [4.78, 5) is 37.6. The first-order valence-corrected chi connectivity index (χ1v) is 13.1. The Morgan fingerprint density at radius 3 is 2.33 bits per heavy atom. The van der Waals surface area contributed by atoms with Crippen molar-refractivity contribution in [3.05, 3.63) is 21.4 Å². The molecule has 0 bridgehead atoms. The van der Waals surface area contributed by atoms with Crippen molar-refractivity contribution in [3.63, 3.8) is 0 Å². The highest BCUT2D eigenvalue weighted by Crippen LogP contribution is 2.66. The number of ether oxygens (including phenoxy) is 1. The van der Waals surface area contributed by atoms with Gasteiger partial charge in [-0.2, -0.15) is 8.62 Å². The van der Waals surface area contributed by atoms with Crippen LogP contribution in [0.15, 0.2) is 6.20 Å². The number of nitrogens with zero attached hydrogens (tertiary/aromatic N) is 1. The first-order chi connectivity index (χ1) is 14.8. The van der Waals surface area contributed by atoms with E-state index in [-0.39, 0.29) is 0 Å². The molecule has 6 atom stereocenters. The van der Waals surface area contributed by atoms with Gasteiger partial charge in [0.05, 0.1) is 0 Å². The molecular formula is C11H13F2N2O13P3S2. The zero-order chi connectivity index (χ0) is 25.6. The number of halogens is 2. The average Bonchev–Trinajstić information content (AvgIpc) is 2.82. The van der Waals surface area contributed by atoms with E-state index in [1.165, 1.54) is 0 Å². The molecule has 0 aliphatic carbocycles. The molecule has 22 heteroatoms. The largest absolute Gasteiger partial charge is 0.490 e. The van der Waals surface area contributed by atoms with Crippen LogP contribution < -0.4 is 0 Å². The molecule has 15 nitrogen and oxygen atoms in total. The molecule has 1 aliphatic rings. The van der Waals surface area contributed by atoms with E-state index in [1.807, 2.05) is 0 Å². The Labute approximate surface area is 192 Å². The number of H-pyrrole nitrogens is 1. The molecule has 1 saturated heterocycles. The molecule has 2 heterocycles. The summed E-state index contributed by atoms with van der Waals surface area (Å²) in [5, 5.41) is 20.8. The molecule has 33 heavy (non-hydrogen) atoms. The second-order valence-corrected chi connectivity index (χ2v) is 11.4. The lowest BCUT2D eigenvalue weighted by molar-refractivity contribution is -0.204. The summed E-state index contributed by atoms with van der Waals surface area (Å²) < 4.78 is 78.2. The molecular weight excluding hydrogens is 563 g/mol. The van der Waals surface area contributed by atoms with Gasteiger partial charge in [0.1, 0.15) is 11.2 Å². The number of hydrogen-bond donors (Lipinski definition) is 7. The van der Waals surface area contributed by atoms with Crippen LogP contribution in [0.5, 0.6) is 0 Å². The summed E-state index contributed by atoms with van der Waals surface area (Å²) in [5.74, 6) is -3.16. The van der Waals surface area contributed by atoms with Crippen molar-refractivity contribution in [3.8, 4) is 12.3 Å². The number of aliphatic hydroxyl groups excluding tert-OH is 1. The smallest absolute Gasteiger partial charge is 0.383 e. The molecule has 1 aliphatic heterocycles. The van der Waals surface area contributed by atoms with E-state index in [1.54, 1.807) is 5.92 Å². The number of hydrogen-bond acceptors (Lipinski definition) is 11. The summed E-state index contributed by atoms with van der Waals surface area (Å²) >= 11 is 9.48.